The van der Waals surface area contributed by atoms with Crippen LogP contribution in [0.5, 0.6) is 17.2 Å². The molecule has 0 amide bonds. The summed E-state index contributed by atoms with van der Waals surface area (Å²) in [5.74, 6) is 1.56. The van der Waals surface area contributed by atoms with Crippen molar-refractivity contribution >= 4 is 0 Å². The average molecular weight is 214 g/mol. The summed E-state index contributed by atoms with van der Waals surface area (Å²) in [6.07, 6.45) is 0. The van der Waals surface area contributed by atoms with E-state index < -0.39 is 6.67 Å². The van der Waals surface area contributed by atoms with E-state index in [1.54, 1.807) is 12.1 Å². The topological polar surface area (TPSA) is 47.9 Å². The molecule has 0 saturated carbocycles. The van der Waals surface area contributed by atoms with E-state index in [1.165, 1.54) is 0 Å². The van der Waals surface area contributed by atoms with Crippen molar-refractivity contribution in [2.75, 3.05) is 20.1 Å². The second-order valence-corrected chi connectivity index (χ2v) is 3.01. The largest absolute Gasteiger partial charge is 0.490 e. The lowest BCUT2D eigenvalue weighted by Crippen LogP contribution is -2.01. The van der Waals surface area contributed by atoms with Gasteiger partial charge in [0, 0.05) is 11.6 Å². The van der Waals surface area contributed by atoms with Gasteiger partial charge in [-0.15, -0.1) is 0 Å². The first kappa shape index (κ1) is 10.0. The van der Waals surface area contributed by atoms with Crippen LogP contribution < -0.4 is 14.2 Å². The number of alkyl halides is 1. The SMILES string of the molecule is OCc1cc2c(cc1OCCF)OCO2. The molecule has 0 aliphatic carbocycles. The number of hydrogen-bond acceptors (Lipinski definition) is 4. The smallest absolute Gasteiger partial charge is 0.231 e. The number of benzene rings is 1. The number of halogens is 1. The fourth-order valence-electron chi connectivity index (χ4n) is 1.37. The maximum atomic E-state index is 11.9. The van der Waals surface area contributed by atoms with Crippen molar-refractivity contribution < 1.29 is 23.7 Å². The molecule has 4 nitrogen and oxygen atoms in total. The first-order valence-electron chi connectivity index (χ1n) is 4.57. The summed E-state index contributed by atoms with van der Waals surface area (Å²) in [6.45, 7) is -0.628. The van der Waals surface area contributed by atoms with Crippen molar-refractivity contribution in [2.24, 2.45) is 0 Å². The maximum Gasteiger partial charge on any atom is 0.231 e. The van der Waals surface area contributed by atoms with E-state index >= 15 is 0 Å². The molecule has 0 radical (unpaired) electrons. The van der Waals surface area contributed by atoms with E-state index in [9.17, 15) is 4.39 Å². The monoisotopic (exact) mass is 214 g/mol. The molecule has 0 bridgehead atoms. The van der Waals surface area contributed by atoms with E-state index in [4.69, 9.17) is 19.3 Å². The summed E-state index contributed by atoms with van der Waals surface area (Å²) < 4.78 is 27.4. The Balaban J connectivity index is 2.27. The Morgan fingerprint density at radius 3 is 2.73 bits per heavy atom. The van der Waals surface area contributed by atoms with Crippen LogP contribution >= 0.6 is 0 Å². The molecule has 1 heterocycles. The third-order valence-electron chi connectivity index (χ3n) is 2.06. The Morgan fingerprint density at radius 1 is 1.33 bits per heavy atom. The minimum atomic E-state index is -0.570. The average Bonchev–Trinajstić information content (AvgIpc) is 2.71. The number of ether oxygens (including phenoxy) is 3. The lowest BCUT2D eigenvalue weighted by atomic mass is 10.2. The Morgan fingerprint density at radius 2 is 2.07 bits per heavy atom. The van der Waals surface area contributed by atoms with Crippen molar-refractivity contribution in [3.8, 4) is 17.2 Å². The highest BCUT2D eigenvalue weighted by atomic mass is 19.1. The van der Waals surface area contributed by atoms with Crippen LogP contribution in [-0.2, 0) is 6.61 Å². The number of aliphatic hydroxyl groups excluding tert-OH is 1. The van der Waals surface area contributed by atoms with E-state index in [0.717, 1.165) is 0 Å². The van der Waals surface area contributed by atoms with E-state index in [2.05, 4.69) is 0 Å². The van der Waals surface area contributed by atoms with Crippen LogP contribution in [0.4, 0.5) is 4.39 Å². The van der Waals surface area contributed by atoms with Crippen molar-refractivity contribution in [2.45, 2.75) is 6.61 Å². The van der Waals surface area contributed by atoms with E-state index in [1.807, 2.05) is 0 Å². The molecule has 0 saturated heterocycles. The predicted octanol–water partition coefficient (Wildman–Crippen LogP) is 1.26. The number of aliphatic hydroxyl groups is 1. The molecule has 15 heavy (non-hydrogen) atoms. The summed E-state index contributed by atoms with van der Waals surface area (Å²) in [6, 6.07) is 3.24. The van der Waals surface area contributed by atoms with E-state index in [0.29, 0.717) is 22.8 Å². The summed E-state index contributed by atoms with van der Waals surface area (Å²) in [4.78, 5) is 0. The summed E-state index contributed by atoms with van der Waals surface area (Å²) in [7, 11) is 0. The van der Waals surface area contributed by atoms with Gasteiger partial charge in [-0.05, 0) is 6.07 Å². The van der Waals surface area contributed by atoms with Crippen LogP contribution in [0.2, 0.25) is 0 Å². The number of rotatable bonds is 4. The van der Waals surface area contributed by atoms with Gasteiger partial charge < -0.3 is 19.3 Å². The van der Waals surface area contributed by atoms with Gasteiger partial charge in [0.25, 0.3) is 0 Å². The lowest BCUT2D eigenvalue weighted by molar-refractivity contribution is 0.173. The zero-order valence-electron chi connectivity index (χ0n) is 8.03. The molecule has 0 spiro atoms. The van der Waals surface area contributed by atoms with Gasteiger partial charge in [-0.25, -0.2) is 4.39 Å². The Labute approximate surface area is 86.2 Å². The van der Waals surface area contributed by atoms with Crippen molar-refractivity contribution in [1.82, 2.24) is 0 Å². The highest BCUT2D eigenvalue weighted by molar-refractivity contribution is 5.51. The Kier molecular flexibility index (Phi) is 2.91. The molecular formula is C10H11FO4. The van der Waals surface area contributed by atoms with Crippen LogP contribution in [0, 0.1) is 0 Å². The molecule has 0 fully saturated rings. The highest BCUT2D eigenvalue weighted by Gasteiger charge is 2.17. The summed E-state index contributed by atoms with van der Waals surface area (Å²) in [5.41, 5.74) is 0.563. The van der Waals surface area contributed by atoms with Crippen LogP contribution in [0.3, 0.4) is 0 Å². The van der Waals surface area contributed by atoms with Crippen molar-refractivity contribution in [1.29, 1.82) is 0 Å². The number of fused-ring (bicyclic) bond motifs is 1. The number of hydrogen-bond donors (Lipinski definition) is 1. The lowest BCUT2D eigenvalue weighted by Gasteiger charge is -2.09. The minimum absolute atomic E-state index is 0.0351. The molecule has 1 aliphatic heterocycles. The molecule has 1 aromatic rings. The Bertz CT molecular complexity index is 354. The van der Waals surface area contributed by atoms with Crippen LogP contribution in [0.25, 0.3) is 0 Å². The van der Waals surface area contributed by atoms with Gasteiger partial charge >= 0.3 is 0 Å². The zero-order valence-corrected chi connectivity index (χ0v) is 8.03. The molecule has 0 unspecified atom stereocenters. The molecule has 5 heteroatoms. The predicted molar refractivity (Wildman–Crippen MR) is 50.0 cm³/mol. The standard InChI is InChI=1S/C10H11FO4/c11-1-2-13-8-4-10-9(14-6-15-10)3-7(8)5-12/h3-4,12H,1-2,5-6H2. The highest BCUT2D eigenvalue weighted by Crippen LogP contribution is 2.38. The first-order valence-corrected chi connectivity index (χ1v) is 4.57. The van der Waals surface area contributed by atoms with Crippen LogP contribution in [0.1, 0.15) is 5.56 Å². The van der Waals surface area contributed by atoms with E-state index in [-0.39, 0.29) is 20.0 Å². The summed E-state index contributed by atoms with van der Waals surface area (Å²) >= 11 is 0. The fourth-order valence-corrected chi connectivity index (χ4v) is 1.37. The van der Waals surface area contributed by atoms with Crippen molar-refractivity contribution in [3.05, 3.63) is 17.7 Å². The second-order valence-electron chi connectivity index (χ2n) is 3.01. The van der Waals surface area contributed by atoms with Crippen molar-refractivity contribution in [3.63, 3.8) is 0 Å². The molecule has 0 atom stereocenters. The quantitative estimate of drug-likeness (QED) is 0.819. The maximum absolute atomic E-state index is 11.9. The van der Waals surface area contributed by atoms with Crippen LogP contribution in [-0.4, -0.2) is 25.2 Å². The molecule has 0 aromatic heterocycles. The van der Waals surface area contributed by atoms with Crippen LogP contribution in [0.15, 0.2) is 12.1 Å². The molecule has 1 aliphatic rings. The van der Waals surface area contributed by atoms with Gasteiger partial charge in [0.15, 0.2) is 11.5 Å². The van der Waals surface area contributed by atoms with Gasteiger partial charge in [0.2, 0.25) is 6.79 Å². The summed E-state index contributed by atoms with van der Waals surface area (Å²) in [5, 5.41) is 9.08. The zero-order chi connectivity index (χ0) is 10.7. The van der Waals surface area contributed by atoms with Gasteiger partial charge in [-0.1, -0.05) is 0 Å². The second kappa shape index (κ2) is 4.35. The van der Waals surface area contributed by atoms with Gasteiger partial charge in [0.1, 0.15) is 19.0 Å². The molecule has 1 aromatic carbocycles. The minimum Gasteiger partial charge on any atom is -0.490 e. The normalized spacial score (nSPS) is 12.9. The molecule has 2 rings (SSSR count). The molecule has 1 N–H and O–H groups in total. The first-order chi connectivity index (χ1) is 7.35. The Hall–Kier alpha value is -1.49. The third kappa shape index (κ3) is 1.97. The van der Waals surface area contributed by atoms with Gasteiger partial charge in [-0.2, -0.15) is 0 Å². The third-order valence-corrected chi connectivity index (χ3v) is 2.06. The van der Waals surface area contributed by atoms with Gasteiger partial charge in [0.05, 0.1) is 6.61 Å². The molecule has 82 valence electrons. The van der Waals surface area contributed by atoms with Gasteiger partial charge in [-0.3, -0.25) is 0 Å². The molecular weight excluding hydrogens is 203 g/mol. The fraction of sp³-hybridized carbons (Fsp3) is 0.400.